The number of amides is 2. The standard InChI is InChI=1S/C18H19F3N4O3/c1-28-17(27)24-9-6-13(7-10-24)22-16(26)12-2-4-14(5-3-12)25-11-8-15(23-25)18(19,20)21/h2-5,8,11,13H,6-7,9-10H2,1H3,(H,22,26). The molecule has 2 aromatic rings. The van der Waals surface area contributed by atoms with Gasteiger partial charge >= 0.3 is 12.3 Å². The molecule has 1 fully saturated rings. The minimum atomic E-state index is -4.51. The van der Waals surface area contributed by atoms with Gasteiger partial charge in [-0.2, -0.15) is 18.3 Å². The van der Waals surface area contributed by atoms with Gasteiger partial charge in [-0.15, -0.1) is 0 Å². The Bertz CT molecular complexity index is 841. The number of piperidine rings is 1. The highest BCUT2D eigenvalue weighted by Gasteiger charge is 2.33. The molecule has 1 aliphatic heterocycles. The van der Waals surface area contributed by atoms with Crippen molar-refractivity contribution in [3.63, 3.8) is 0 Å². The summed E-state index contributed by atoms with van der Waals surface area (Å²) in [5.74, 6) is -0.278. The Morgan fingerprint density at radius 3 is 2.32 bits per heavy atom. The van der Waals surface area contributed by atoms with Gasteiger partial charge in [0.15, 0.2) is 5.69 Å². The van der Waals surface area contributed by atoms with Crippen molar-refractivity contribution in [3.05, 3.63) is 47.8 Å². The number of nitrogens with zero attached hydrogens (tertiary/aromatic N) is 3. The Balaban J connectivity index is 1.59. The third-order valence-corrected chi connectivity index (χ3v) is 4.54. The van der Waals surface area contributed by atoms with Crippen LogP contribution in [0.1, 0.15) is 28.9 Å². The number of methoxy groups -OCH3 is 1. The molecule has 2 heterocycles. The molecular formula is C18H19F3N4O3. The topological polar surface area (TPSA) is 76.5 Å². The summed E-state index contributed by atoms with van der Waals surface area (Å²) in [5, 5.41) is 6.40. The third-order valence-electron chi connectivity index (χ3n) is 4.54. The van der Waals surface area contributed by atoms with Crippen LogP contribution in [-0.4, -0.2) is 52.9 Å². The van der Waals surface area contributed by atoms with Crippen LogP contribution in [0, 0.1) is 0 Å². The number of nitrogens with one attached hydrogen (secondary N) is 1. The van der Waals surface area contributed by atoms with Crippen molar-refractivity contribution < 1.29 is 27.5 Å². The highest BCUT2D eigenvalue weighted by atomic mass is 19.4. The summed E-state index contributed by atoms with van der Waals surface area (Å²) < 4.78 is 43.7. The van der Waals surface area contributed by atoms with Crippen molar-refractivity contribution in [2.75, 3.05) is 20.2 Å². The average Bonchev–Trinajstić information content (AvgIpc) is 3.19. The number of ether oxygens (including phenoxy) is 1. The first-order valence-corrected chi connectivity index (χ1v) is 8.65. The molecule has 1 aromatic carbocycles. The number of halogens is 3. The van der Waals surface area contributed by atoms with Crippen LogP contribution in [0.25, 0.3) is 5.69 Å². The van der Waals surface area contributed by atoms with Gasteiger partial charge in [-0.05, 0) is 43.2 Å². The monoisotopic (exact) mass is 396 g/mol. The minimum Gasteiger partial charge on any atom is -0.453 e. The maximum atomic E-state index is 12.6. The largest absolute Gasteiger partial charge is 0.453 e. The van der Waals surface area contributed by atoms with Gasteiger partial charge in [-0.3, -0.25) is 4.79 Å². The second kappa shape index (κ2) is 7.91. The number of likely N-dealkylation sites (tertiary alicyclic amines) is 1. The summed E-state index contributed by atoms with van der Waals surface area (Å²) in [6.07, 6.45) is -2.44. The molecule has 0 spiro atoms. The number of alkyl halides is 3. The van der Waals surface area contributed by atoms with Gasteiger partial charge in [-0.1, -0.05) is 0 Å². The molecule has 2 amide bonds. The van der Waals surface area contributed by atoms with E-state index in [2.05, 4.69) is 15.2 Å². The zero-order valence-electron chi connectivity index (χ0n) is 15.1. The molecule has 1 saturated heterocycles. The molecule has 0 aliphatic carbocycles. The smallest absolute Gasteiger partial charge is 0.435 e. The number of rotatable bonds is 3. The van der Waals surface area contributed by atoms with Gasteiger partial charge < -0.3 is 15.0 Å². The first-order chi connectivity index (χ1) is 13.3. The van der Waals surface area contributed by atoms with Crippen LogP contribution >= 0.6 is 0 Å². The zero-order chi connectivity index (χ0) is 20.3. The highest BCUT2D eigenvalue weighted by Crippen LogP contribution is 2.27. The van der Waals surface area contributed by atoms with Crippen LogP contribution in [-0.2, 0) is 10.9 Å². The molecule has 1 N–H and O–H groups in total. The van der Waals surface area contributed by atoms with E-state index in [1.165, 1.54) is 37.6 Å². The van der Waals surface area contributed by atoms with Gasteiger partial charge in [-0.25, -0.2) is 9.48 Å². The van der Waals surface area contributed by atoms with E-state index in [1.807, 2.05) is 0 Å². The molecule has 3 rings (SSSR count). The molecule has 7 nitrogen and oxygen atoms in total. The Kier molecular flexibility index (Phi) is 5.57. The van der Waals surface area contributed by atoms with Crippen molar-refractivity contribution >= 4 is 12.0 Å². The second-order valence-corrected chi connectivity index (χ2v) is 6.39. The maximum absolute atomic E-state index is 12.6. The van der Waals surface area contributed by atoms with Crippen molar-refractivity contribution in [3.8, 4) is 5.69 Å². The number of carbonyl (C=O) groups excluding carboxylic acids is 2. The van der Waals surface area contributed by atoms with Gasteiger partial charge in [0.05, 0.1) is 12.8 Å². The highest BCUT2D eigenvalue weighted by molar-refractivity contribution is 5.94. The number of aromatic nitrogens is 2. The van der Waals surface area contributed by atoms with Crippen LogP contribution in [0.5, 0.6) is 0 Å². The van der Waals surface area contributed by atoms with Crippen molar-refractivity contribution in [1.29, 1.82) is 0 Å². The number of hydrogen-bond donors (Lipinski definition) is 1. The van der Waals surface area contributed by atoms with Gasteiger partial charge in [0, 0.05) is 30.9 Å². The van der Waals surface area contributed by atoms with Crippen LogP contribution in [0.2, 0.25) is 0 Å². The van der Waals surface area contributed by atoms with Crippen molar-refractivity contribution in [2.24, 2.45) is 0 Å². The zero-order valence-corrected chi connectivity index (χ0v) is 15.1. The van der Waals surface area contributed by atoms with E-state index in [4.69, 9.17) is 0 Å². The lowest BCUT2D eigenvalue weighted by Crippen LogP contribution is -2.46. The molecule has 0 unspecified atom stereocenters. The van der Waals surface area contributed by atoms with Gasteiger partial charge in [0.25, 0.3) is 5.91 Å². The first-order valence-electron chi connectivity index (χ1n) is 8.65. The fraction of sp³-hybridized carbons (Fsp3) is 0.389. The lowest BCUT2D eigenvalue weighted by molar-refractivity contribution is -0.141. The van der Waals surface area contributed by atoms with Gasteiger partial charge in [0.1, 0.15) is 0 Å². The van der Waals surface area contributed by atoms with E-state index < -0.39 is 11.9 Å². The number of benzene rings is 1. The van der Waals surface area contributed by atoms with Crippen LogP contribution in [0.4, 0.5) is 18.0 Å². The molecular weight excluding hydrogens is 377 g/mol. The summed E-state index contributed by atoms with van der Waals surface area (Å²) in [6, 6.07) is 6.95. The van der Waals surface area contributed by atoms with Gasteiger partial charge in [0.2, 0.25) is 0 Å². The van der Waals surface area contributed by atoms with Crippen LogP contribution in [0.15, 0.2) is 36.5 Å². The van der Waals surface area contributed by atoms with E-state index in [9.17, 15) is 22.8 Å². The molecule has 150 valence electrons. The molecule has 10 heteroatoms. The van der Waals surface area contributed by atoms with E-state index in [0.29, 0.717) is 37.2 Å². The van der Waals surface area contributed by atoms with E-state index in [1.54, 1.807) is 4.90 Å². The summed E-state index contributed by atoms with van der Waals surface area (Å²) in [7, 11) is 1.33. The average molecular weight is 396 g/mol. The lowest BCUT2D eigenvalue weighted by Gasteiger charge is -2.31. The van der Waals surface area contributed by atoms with Crippen LogP contribution in [0.3, 0.4) is 0 Å². The van der Waals surface area contributed by atoms with Crippen LogP contribution < -0.4 is 5.32 Å². The SMILES string of the molecule is COC(=O)N1CCC(NC(=O)c2ccc(-n3ccc(C(F)(F)F)n3)cc2)CC1. The second-order valence-electron chi connectivity index (χ2n) is 6.39. The summed E-state index contributed by atoms with van der Waals surface area (Å²) in [6.45, 7) is 0.995. The molecule has 1 aromatic heterocycles. The van der Waals surface area contributed by atoms with E-state index in [-0.39, 0.29) is 18.0 Å². The van der Waals surface area contributed by atoms with Crippen molar-refractivity contribution in [2.45, 2.75) is 25.1 Å². The van der Waals surface area contributed by atoms with Crippen molar-refractivity contribution in [1.82, 2.24) is 20.0 Å². The summed E-state index contributed by atoms with van der Waals surface area (Å²) in [5.41, 5.74) is -0.173. The quantitative estimate of drug-likeness (QED) is 0.866. The molecule has 0 bridgehead atoms. The Labute approximate surface area is 159 Å². The Morgan fingerprint density at radius 2 is 1.79 bits per heavy atom. The molecule has 0 saturated carbocycles. The normalized spacial score (nSPS) is 15.4. The summed E-state index contributed by atoms with van der Waals surface area (Å²) >= 11 is 0. The molecule has 28 heavy (non-hydrogen) atoms. The third kappa shape index (κ3) is 4.44. The molecule has 1 aliphatic rings. The maximum Gasteiger partial charge on any atom is 0.435 e. The fourth-order valence-electron chi connectivity index (χ4n) is 2.99. The fourth-order valence-corrected chi connectivity index (χ4v) is 2.99. The predicted molar refractivity (Wildman–Crippen MR) is 93.0 cm³/mol. The van der Waals surface area contributed by atoms with E-state index in [0.717, 1.165) is 10.7 Å². The Hall–Kier alpha value is -3.04. The Morgan fingerprint density at radius 1 is 1.14 bits per heavy atom. The summed E-state index contributed by atoms with van der Waals surface area (Å²) in [4.78, 5) is 25.4. The number of carbonyl (C=O) groups is 2. The lowest BCUT2D eigenvalue weighted by atomic mass is 10.0. The minimum absolute atomic E-state index is 0.0615. The molecule has 0 atom stereocenters. The first kappa shape index (κ1) is 19.7. The number of hydrogen-bond acceptors (Lipinski definition) is 4. The predicted octanol–water partition coefficient (Wildman–Crippen LogP) is 2.85. The molecule has 0 radical (unpaired) electrons. The van der Waals surface area contributed by atoms with E-state index >= 15 is 0 Å².